The molecular formula is C14H16ClNO3S. The van der Waals surface area contributed by atoms with E-state index in [-0.39, 0.29) is 11.2 Å². The quantitative estimate of drug-likeness (QED) is 0.868. The first kappa shape index (κ1) is 15.2. The van der Waals surface area contributed by atoms with Crippen LogP contribution in [-0.2, 0) is 9.59 Å². The number of carboxylic acid groups (broad SMARTS) is 1. The number of amides is 1. The Kier molecular flexibility index (Phi) is 4.94. The van der Waals surface area contributed by atoms with E-state index >= 15 is 0 Å². The first-order valence-corrected chi connectivity index (χ1v) is 7.70. The Labute approximate surface area is 127 Å². The monoisotopic (exact) mass is 313 g/mol. The van der Waals surface area contributed by atoms with Gasteiger partial charge in [0.15, 0.2) is 0 Å². The molecule has 108 valence electrons. The standard InChI is InChI=1S/C14H16ClNO3S/c1-9(20-11-6-4-10(15)5-7-11)13(17)16-8-2-3-12(16)14(18)19/h4-7,9,12H,2-3,8H2,1H3,(H,18,19)/t9?,12-/m1/s1. The number of hydrogen-bond donors (Lipinski definition) is 1. The maximum Gasteiger partial charge on any atom is 0.326 e. The van der Waals surface area contributed by atoms with Crippen molar-refractivity contribution in [3.05, 3.63) is 29.3 Å². The lowest BCUT2D eigenvalue weighted by Gasteiger charge is -2.24. The predicted octanol–water partition coefficient (Wildman–Crippen LogP) is 2.90. The molecule has 1 amide bonds. The third-order valence-electron chi connectivity index (χ3n) is 3.30. The molecule has 20 heavy (non-hydrogen) atoms. The van der Waals surface area contributed by atoms with Crippen molar-refractivity contribution in [2.24, 2.45) is 0 Å². The topological polar surface area (TPSA) is 57.6 Å². The second-order valence-electron chi connectivity index (χ2n) is 4.74. The number of rotatable bonds is 4. The van der Waals surface area contributed by atoms with Crippen LogP contribution in [0, 0.1) is 0 Å². The van der Waals surface area contributed by atoms with E-state index in [1.165, 1.54) is 16.7 Å². The lowest BCUT2D eigenvalue weighted by atomic mass is 10.2. The Morgan fingerprint density at radius 3 is 2.65 bits per heavy atom. The van der Waals surface area contributed by atoms with E-state index in [2.05, 4.69) is 0 Å². The maximum absolute atomic E-state index is 12.3. The zero-order chi connectivity index (χ0) is 14.7. The van der Waals surface area contributed by atoms with Gasteiger partial charge in [-0.1, -0.05) is 11.6 Å². The van der Waals surface area contributed by atoms with Crippen LogP contribution in [0.25, 0.3) is 0 Å². The Balaban J connectivity index is 2.01. The molecule has 0 radical (unpaired) electrons. The summed E-state index contributed by atoms with van der Waals surface area (Å²) in [6, 6.07) is 6.59. The Morgan fingerprint density at radius 1 is 1.40 bits per heavy atom. The summed E-state index contributed by atoms with van der Waals surface area (Å²) in [5.41, 5.74) is 0. The van der Waals surface area contributed by atoms with E-state index in [0.29, 0.717) is 18.0 Å². The summed E-state index contributed by atoms with van der Waals surface area (Å²) in [5, 5.41) is 9.46. The number of hydrogen-bond acceptors (Lipinski definition) is 3. The van der Waals surface area contributed by atoms with Crippen molar-refractivity contribution in [1.82, 2.24) is 4.90 Å². The molecule has 1 N–H and O–H groups in total. The van der Waals surface area contributed by atoms with Gasteiger partial charge in [0.1, 0.15) is 6.04 Å². The Bertz CT molecular complexity index is 506. The fraction of sp³-hybridized carbons (Fsp3) is 0.429. The summed E-state index contributed by atoms with van der Waals surface area (Å²) >= 11 is 7.24. The molecule has 0 aliphatic carbocycles. The molecule has 1 saturated heterocycles. The number of carbonyl (C=O) groups excluding carboxylic acids is 1. The van der Waals surface area contributed by atoms with Gasteiger partial charge in [-0.25, -0.2) is 4.79 Å². The van der Waals surface area contributed by atoms with Crippen LogP contribution < -0.4 is 0 Å². The molecule has 1 unspecified atom stereocenters. The fourth-order valence-electron chi connectivity index (χ4n) is 2.29. The van der Waals surface area contributed by atoms with E-state index in [4.69, 9.17) is 16.7 Å². The summed E-state index contributed by atoms with van der Waals surface area (Å²) in [6.45, 7) is 2.33. The van der Waals surface area contributed by atoms with Crippen molar-refractivity contribution >= 4 is 35.2 Å². The minimum absolute atomic E-state index is 0.116. The molecule has 2 rings (SSSR count). The molecule has 0 bridgehead atoms. The zero-order valence-electron chi connectivity index (χ0n) is 11.1. The van der Waals surface area contributed by atoms with Crippen molar-refractivity contribution in [3.8, 4) is 0 Å². The Hall–Kier alpha value is -1.20. The van der Waals surface area contributed by atoms with Crippen LogP contribution in [0.1, 0.15) is 19.8 Å². The van der Waals surface area contributed by atoms with E-state index < -0.39 is 12.0 Å². The molecule has 1 fully saturated rings. The average Bonchev–Trinajstić information content (AvgIpc) is 2.90. The second-order valence-corrected chi connectivity index (χ2v) is 6.59. The molecule has 6 heteroatoms. The van der Waals surface area contributed by atoms with Crippen LogP contribution >= 0.6 is 23.4 Å². The van der Waals surface area contributed by atoms with Gasteiger partial charge in [-0.2, -0.15) is 0 Å². The smallest absolute Gasteiger partial charge is 0.326 e. The molecule has 0 saturated carbocycles. The van der Waals surface area contributed by atoms with Crippen molar-refractivity contribution in [2.75, 3.05) is 6.54 Å². The summed E-state index contributed by atoms with van der Waals surface area (Å²) in [5.74, 6) is -1.03. The summed E-state index contributed by atoms with van der Waals surface area (Å²) in [4.78, 5) is 25.9. The largest absolute Gasteiger partial charge is 0.480 e. The van der Waals surface area contributed by atoms with Crippen molar-refractivity contribution in [1.29, 1.82) is 0 Å². The molecule has 1 heterocycles. The molecule has 0 aromatic heterocycles. The fourth-order valence-corrected chi connectivity index (χ4v) is 3.35. The number of nitrogens with zero attached hydrogens (tertiary/aromatic N) is 1. The normalized spacial score (nSPS) is 19.9. The van der Waals surface area contributed by atoms with E-state index in [0.717, 1.165) is 11.3 Å². The average molecular weight is 314 g/mol. The van der Waals surface area contributed by atoms with Gasteiger partial charge in [-0.3, -0.25) is 4.79 Å². The maximum atomic E-state index is 12.3. The highest BCUT2D eigenvalue weighted by molar-refractivity contribution is 8.00. The van der Waals surface area contributed by atoms with Crippen LogP contribution in [0.4, 0.5) is 0 Å². The van der Waals surface area contributed by atoms with Crippen molar-refractivity contribution in [3.63, 3.8) is 0 Å². The molecular weight excluding hydrogens is 298 g/mol. The molecule has 1 aliphatic heterocycles. The Morgan fingerprint density at radius 2 is 2.05 bits per heavy atom. The third-order valence-corrected chi connectivity index (χ3v) is 4.65. The first-order chi connectivity index (χ1) is 9.49. The number of aliphatic carboxylic acids is 1. The highest BCUT2D eigenvalue weighted by Gasteiger charge is 2.35. The van der Waals surface area contributed by atoms with E-state index in [1.807, 2.05) is 12.1 Å². The van der Waals surface area contributed by atoms with Gasteiger partial charge in [0.05, 0.1) is 5.25 Å². The minimum atomic E-state index is -0.917. The third kappa shape index (κ3) is 3.46. The van der Waals surface area contributed by atoms with Gasteiger partial charge < -0.3 is 10.0 Å². The number of halogens is 1. The van der Waals surface area contributed by atoms with Crippen LogP contribution in [0.2, 0.25) is 5.02 Å². The van der Waals surface area contributed by atoms with Gasteiger partial charge in [0.2, 0.25) is 5.91 Å². The minimum Gasteiger partial charge on any atom is -0.480 e. The summed E-state index contributed by atoms with van der Waals surface area (Å²) < 4.78 is 0. The lowest BCUT2D eigenvalue weighted by Crippen LogP contribution is -2.43. The molecule has 1 aliphatic rings. The zero-order valence-corrected chi connectivity index (χ0v) is 12.7. The highest BCUT2D eigenvalue weighted by Crippen LogP contribution is 2.28. The van der Waals surface area contributed by atoms with Crippen LogP contribution in [0.5, 0.6) is 0 Å². The van der Waals surface area contributed by atoms with Gasteiger partial charge >= 0.3 is 5.97 Å². The lowest BCUT2D eigenvalue weighted by molar-refractivity contribution is -0.147. The number of carbonyl (C=O) groups is 2. The molecule has 1 aromatic rings. The highest BCUT2D eigenvalue weighted by atomic mass is 35.5. The van der Waals surface area contributed by atoms with Gasteiger partial charge in [0, 0.05) is 16.5 Å². The number of benzene rings is 1. The van der Waals surface area contributed by atoms with Crippen molar-refractivity contribution in [2.45, 2.75) is 36.0 Å². The summed E-state index contributed by atoms with van der Waals surface area (Å²) in [7, 11) is 0. The molecule has 4 nitrogen and oxygen atoms in total. The van der Waals surface area contributed by atoms with Crippen molar-refractivity contribution < 1.29 is 14.7 Å². The molecule has 1 aromatic carbocycles. The first-order valence-electron chi connectivity index (χ1n) is 6.44. The van der Waals surface area contributed by atoms with Crippen LogP contribution in [0.3, 0.4) is 0 Å². The second kappa shape index (κ2) is 6.50. The SMILES string of the molecule is CC(Sc1ccc(Cl)cc1)C(=O)N1CCC[C@@H]1C(=O)O. The van der Waals surface area contributed by atoms with E-state index in [9.17, 15) is 9.59 Å². The van der Waals surface area contributed by atoms with Gasteiger partial charge in [-0.05, 0) is 44.0 Å². The number of likely N-dealkylation sites (tertiary alicyclic amines) is 1. The van der Waals surface area contributed by atoms with Crippen LogP contribution in [0.15, 0.2) is 29.2 Å². The summed E-state index contributed by atoms with van der Waals surface area (Å²) in [6.07, 6.45) is 1.29. The molecule has 2 atom stereocenters. The van der Waals surface area contributed by atoms with Gasteiger partial charge in [0.25, 0.3) is 0 Å². The predicted molar refractivity (Wildman–Crippen MR) is 79.1 cm³/mol. The number of thioether (sulfide) groups is 1. The molecule has 0 spiro atoms. The number of carboxylic acids is 1. The van der Waals surface area contributed by atoms with E-state index in [1.54, 1.807) is 19.1 Å². The van der Waals surface area contributed by atoms with Gasteiger partial charge in [-0.15, -0.1) is 11.8 Å². The van der Waals surface area contributed by atoms with Crippen LogP contribution in [-0.4, -0.2) is 39.7 Å².